The first kappa shape index (κ1) is 21.4. The van der Waals surface area contributed by atoms with Gasteiger partial charge in [0.05, 0.1) is 6.54 Å². The highest BCUT2D eigenvalue weighted by atomic mass is 127. The van der Waals surface area contributed by atoms with Crippen molar-refractivity contribution >= 4 is 41.3 Å². The van der Waals surface area contributed by atoms with Gasteiger partial charge in [-0.1, -0.05) is 13.0 Å². The van der Waals surface area contributed by atoms with Crippen molar-refractivity contribution in [1.29, 1.82) is 0 Å². The molecule has 0 aliphatic rings. The third-order valence-electron chi connectivity index (χ3n) is 4.03. The second-order valence-corrected chi connectivity index (χ2v) is 6.81. The fraction of sp³-hybridized carbons (Fsp3) is 0.316. The maximum absolute atomic E-state index is 4.67. The molecule has 1 unspecified atom stereocenters. The highest BCUT2D eigenvalue weighted by molar-refractivity contribution is 14.0. The molecule has 0 amide bonds. The molecule has 8 heteroatoms. The van der Waals surface area contributed by atoms with Crippen molar-refractivity contribution < 1.29 is 0 Å². The lowest BCUT2D eigenvalue weighted by atomic mass is 10.1. The van der Waals surface area contributed by atoms with Crippen molar-refractivity contribution in [3.05, 3.63) is 65.0 Å². The summed E-state index contributed by atoms with van der Waals surface area (Å²) in [5.74, 6) is 2.12. The maximum atomic E-state index is 4.67. The summed E-state index contributed by atoms with van der Waals surface area (Å²) in [4.78, 5) is 13.2. The van der Waals surface area contributed by atoms with Crippen LogP contribution in [0.25, 0.3) is 5.82 Å². The van der Waals surface area contributed by atoms with Gasteiger partial charge in [-0.05, 0) is 46.9 Å². The van der Waals surface area contributed by atoms with E-state index in [1.54, 1.807) is 23.9 Å². The van der Waals surface area contributed by atoms with Crippen LogP contribution in [0.15, 0.2) is 58.9 Å². The number of hydrogen-bond acceptors (Lipinski definition) is 4. The minimum Gasteiger partial charge on any atom is -0.357 e. The van der Waals surface area contributed by atoms with Crippen LogP contribution in [0.3, 0.4) is 0 Å². The minimum absolute atomic E-state index is 0. The lowest BCUT2D eigenvalue weighted by Crippen LogP contribution is -2.39. The van der Waals surface area contributed by atoms with E-state index in [0.29, 0.717) is 12.5 Å². The van der Waals surface area contributed by atoms with Gasteiger partial charge in [-0.2, -0.15) is 11.3 Å². The number of halogens is 1. The van der Waals surface area contributed by atoms with Gasteiger partial charge >= 0.3 is 0 Å². The number of rotatable bonds is 7. The van der Waals surface area contributed by atoms with Crippen molar-refractivity contribution in [2.45, 2.75) is 26.3 Å². The number of pyridine rings is 1. The lowest BCUT2D eigenvalue weighted by molar-refractivity contribution is 0.701. The smallest absolute Gasteiger partial charge is 0.191 e. The zero-order valence-corrected chi connectivity index (χ0v) is 18.6. The van der Waals surface area contributed by atoms with Gasteiger partial charge in [0, 0.05) is 31.7 Å². The summed E-state index contributed by atoms with van der Waals surface area (Å²) in [5, 5.41) is 11.0. The summed E-state index contributed by atoms with van der Waals surface area (Å²) in [6, 6.07) is 6.20. The largest absolute Gasteiger partial charge is 0.357 e. The first-order valence-electron chi connectivity index (χ1n) is 8.73. The van der Waals surface area contributed by atoms with E-state index in [-0.39, 0.29) is 24.0 Å². The Balaban J connectivity index is 0.00000261. The molecule has 0 aliphatic heterocycles. The lowest BCUT2D eigenvalue weighted by Gasteiger charge is -2.15. The number of guanidine groups is 1. The standard InChI is InChI=1S/C19H24N6S.HI/c1-3-21-19(23-10-15(2)17-6-9-26-13-17)24-12-16-4-5-18(22-11-16)25-8-7-20-14-25;/h4-9,11,13-15H,3,10,12H2,1-2H3,(H2,21,23,24);1H. The van der Waals surface area contributed by atoms with E-state index >= 15 is 0 Å². The Bertz CT molecular complexity index is 799. The number of thiophene rings is 1. The molecule has 0 aromatic carbocycles. The van der Waals surface area contributed by atoms with Crippen LogP contribution < -0.4 is 10.6 Å². The van der Waals surface area contributed by atoms with Crippen LogP contribution in [0, 0.1) is 0 Å². The highest BCUT2D eigenvalue weighted by Crippen LogP contribution is 2.17. The van der Waals surface area contributed by atoms with E-state index in [2.05, 4.69) is 56.3 Å². The normalized spacial score (nSPS) is 12.3. The topological polar surface area (TPSA) is 67.1 Å². The van der Waals surface area contributed by atoms with E-state index in [4.69, 9.17) is 0 Å². The molecular formula is C19H25IN6S. The summed E-state index contributed by atoms with van der Waals surface area (Å²) >= 11 is 1.73. The first-order valence-corrected chi connectivity index (χ1v) is 9.68. The van der Waals surface area contributed by atoms with E-state index in [1.165, 1.54) is 5.56 Å². The summed E-state index contributed by atoms with van der Waals surface area (Å²) in [6.45, 7) is 6.55. The van der Waals surface area contributed by atoms with Crippen molar-refractivity contribution in [1.82, 2.24) is 25.2 Å². The summed E-state index contributed by atoms with van der Waals surface area (Å²) in [7, 11) is 0. The SMILES string of the molecule is CCNC(=NCc1ccc(-n2ccnc2)nc1)NCC(C)c1ccsc1.I. The van der Waals surface area contributed by atoms with Crippen LogP contribution in [-0.2, 0) is 6.54 Å². The van der Waals surface area contributed by atoms with Crippen LogP contribution in [0.5, 0.6) is 0 Å². The zero-order chi connectivity index (χ0) is 18.2. The molecule has 2 N–H and O–H groups in total. The number of aromatic nitrogens is 3. The summed E-state index contributed by atoms with van der Waals surface area (Å²) in [6.07, 6.45) is 7.21. The van der Waals surface area contributed by atoms with Gasteiger partial charge in [0.15, 0.2) is 5.96 Å². The van der Waals surface area contributed by atoms with Crippen LogP contribution in [-0.4, -0.2) is 33.6 Å². The molecule has 27 heavy (non-hydrogen) atoms. The fourth-order valence-corrected chi connectivity index (χ4v) is 3.27. The molecule has 144 valence electrons. The fourth-order valence-electron chi connectivity index (χ4n) is 2.49. The third-order valence-corrected chi connectivity index (χ3v) is 4.73. The summed E-state index contributed by atoms with van der Waals surface area (Å²) < 4.78 is 1.88. The van der Waals surface area contributed by atoms with Gasteiger partial charge in [0.2, 0.25) is 0 Å². The Morgan fingerprint density at radius 1 is 1.30 bits per heavy atom. The Morgan fingerprint density at radius 3 is 2.81 bits per heavy atom. The van der Waals surface area contributed by atoms with Crippen molar-refractivity contribution in [2.24, 2.45) is 4.99 Å². The Morgan fingerprint density at radius 2 is 2.19 bits per heavy atom. The molecule has 6 nitrogen and oxygen atoms in total. The second-order valence-electron chi connectivity index (χ2n) is 6.03. The molecule has 0 saturated heterocycles. The van der Waals surface area contributed by atoms with Crippen LogP contribution >= 0.6 is 35.3 Å². The number of aliphatic imine (C=N–C) groups is 1. The second kappa shape index (κ2) is 11.0. The number of imidazole rings is 1. The summed E-state index contributed by atoms with van der Waals surface area (Å²) in [5.41, 5.74) is 2.43. The molecule has 0 saturated carbocycles. The predicted molar refractivity (Wildman–Crippen MR) is 122 cm³/mol. The molecular weight excluding hydrogens is 471 g/mol. The Hall–Kier alpha value is -1.94. The van der Waals surface area contributed by atoms with E-state index in [1.807, 2.05) is 29.1 Å². The van der Waals surface area contributed by atoms with Crippen molar-refractivity contribution in [2.75, 3.05) is 13.1 Å². The maximum Gasteiger partial charge on any atom is 0.191 e. The van der Waals surface area contributed by atoms with Crippen LogP contribution in [0.4, 0.5) is 0 Å². The van der Waals surface area contributed by atoms with Crippen molar-refractivity contribution in [3.8, 4) is 5.82 Å². The average molecular weight is 496 g/mol. The van der Waals surface area contributed by atoms with Gasteiger partial charge in [-0.3, -0.25) is 4.57 Å². The predicted octanol–water partition coefficient (Wildman–Crippen LogP) is 3.81. The zero-order valence-electron chi connectivity index (χ0n) is 15.5. The van der Waals surface area contributed by atoms with Crippen molar-refractivity contribution in [3.63, 3.8) is 0 Å². The molecule has 3 heterocycles. The Labute approximate surface area is 181 Å². The molecule has 1 atom stereocenters. The van der Waals surface area contributed by atoms with Gasteiger partial charge in [0.1, 0.15) is 12.1 Å². The monoisotopic (exact) mass is 496 g/mol. The van der Waals surface area contributed by atoms with Gasteiger partial charge in [-0.25, -0.2) is 15.0 Å². The van der Waals surface area contributed by atoms with Gasteiger partial charge < -0.3 is 10.6 Å². The van der Waals surface area contributed by atoms with Crippen LogP contribution in [0.2, 0.25) is 0 Å². The minimum atomic E-state index is 0. The third kappa shape index (κ3) is 6.31. The molecule has 0 radical (unpaired) electrons. The molecule has 0 aliphatic carbocycles. The molecule has 3 aromatic heterocycles. The molecule has 0 spiro atoms. The van der Waals surface area contributed by atoms with E-state index < -0.39 is 0 Å². The van der Waals surface area contributed by atoms with Gasteiger partial charge in [0.25, 0.3) is 0 Å². The Kier molecular flexibility index (Phi) is 8.73. The number of nitrogens with zero attached hydrogens (tertiary/aromatic N) is 4. The molecule has 3 rings (SSSR count). The number of nitrogens with one attached hydrogen (secondary N) is 2. The quantitative estimate of drug-likeness (QED) is 0.297. The van der Waals surface area contributed by atoms with E-state index in [9.17, 15) is 0 Å². The van der Waals surface area contributed by atoms with E-state index in [0.717, 1.165) is 30.4 Å². The molecule has 0 fully saturated rings. The molecule has 0 bridgehead atoms. The molecule has 3 aromatic rings. The van der Waals surface area contributed by atoms with Gasteiger partial charge in [-0.15, -0.1) is 24.0 Å². The number of hydrogen-bond donors (Lipinski definition) is 2. The highest BCUT2D eigenvalue weighted by Gasteiger charge is 2.07. The first-order chi connectivity index (χ1) is 12.8. The average Bonchev–Trinajstić information content (AvgIpc) is 3.38. The van der Waals surface area contributed by atoms with Crippen LogP contribution in [0.1, 0.15) is 30.9 Å².